The number of carbonyl (C=O) groups excluding carboxylic acids is 1. The van der Waals surface area contributed by atoms with Crippen molar-refractivity contribution in [2.75, 3.05) is 14.2 Å². The first kappa shape index (κ1) is 17.6. The number of benzene rings is 1. The van der Waals surface area contributed by atoms with Crippen LogP contribution < -0.4 is 14.8 Å². The van der Waals surface area contributed by atoms with Crippen LogP contribution in [0.2, 0.25) is 0 Å². The average molecular weight is 384 g/mol. The standard InChI is InChI=1S/C20H20N2O4S/c1-24-15-6-5-13(10-17(15)25-2)16-11-18(22-26-16)20(7-8-20)19(23)21-12-14-4-3-9-27-14/h3-6,9-11H,7-8,12H2,1-2H3,(H,21,23). The maximum atomic E-state index is 12.7. The van der Waals surface area contributed by atoms with Crippen LogP contribution in [0.15, 0.2) is 46.3 Å². The van der Waals surface area contributed by atoms with Crippen LogP contribution in [-0.4, -0.2) is 25.3 Å². The summed E-state index contributed by atoms with van der Waals surface area (Å²) >= 11 is 1.63. The fourth-order valence-corrected chi connectivity index (χ4v) is 3.75. The molecule has 7 heteroatoms. The number of nitrogens with one attached hydrogen (secondary N) is 1. The van der Waals surface area contributed by atoms with Crippen molar-refractivity contribution in [3.05, 3.63) is 52.3 Å². The van der Waals surface area contributed by atoms with Crippen molar-refractivity contribution in [2.24, 2.45) is 0 Å². The first-order valence-corrected chi connectivity index (χ1v) is 9.54. The van der Waals surface area contributed by atoms with E-state index in [0.717, 1.165) is 23.3 Å². The lowest BCUT2D eigenvalue weighted by Crippen LogP contribution is -2.34. The van der Waals surface area contributed by atoms with E-state index >= 15 is 0 Å². The normalized spacial score (nSPS) is 14.6. The van der Waals surface area contributed by atoms with Crippen molar-refractivity contribution in [1.82, 2.24) is 10.5 Å². The lowest BCUT2D eigenvalue weighted by atomic mass is 10.00. The van der Waals surface area contributed by atoms with Gasteiger partial charge in [0, 0.05) is 16.5 Å². The Bertz CT molecular complexity index is 945. The number of methoxy groups -OCH3 is 2. The molecule has 140 valence electrons. The molecule has 1 amide bonds. The van der Waals surface area contributed by atoms with Crippen molar-refractivity contribution < 1.29 is 18.8 Å². The van der Waals surface area contributed by atoms with E-state index in [-0.39, 0.29) is 5.91 Å². The molecule has 0 spiro atoms. The summed E-state index contributed by atoms with van der Waals surface area (Å²) in [4.78, 5) is 13.9. The van der Waals surface area contributed by atoms with Crippen LogP contribution in [0.3, 0.4) is 0 Å². The summed E-state index contributed by atoms with van der Waals surface area (Å²) < 4.78 is 16.1. The van der Waals surface area contributed by atoms with E-state index < -0.39 is 5.41 Å². The zero-order valence-corrected chi connectivity index (χ0v) is 16.0. The highest BCUT2D eigenvalue weighted by Crippen LogP contribution is 2.48. The number of thiophene rings is 1. The fourth-order valence-electron chi connectivity index (χ4n) is 3.10. The molecule has 0 saturated heterocycles. The minimum Gasteiger partial charge on any atom is -0.493 e. The Morgan fingerprint density at radius 1 is 1.22 bits per heavy atom. The Hall–Kier alpha value is -2.80. The third-order valence-corrected chi connectivity index (χ3v) is 5.73. The summed E-state index contributed by atoms with van der Waals surface area (Å²) in [5, 5.41) is 9.21. The lowest BCUT2D eigenvalue weighted by molar-refractivity contribution is -0.123. The number of nitrogens with zero attached hydrogens (tertiary/aromatic N) is 1. The molecule has 0 atom stereocenters. The molecular formula is C20H20N2O4S. The molecular weight excluding hydrogens is 364 g/mol. The number of aromatic nitrogens is 1. The van der Waals surface area contributed by atoms with Crippen molar-refractivity contribution >= 4 is 17.2 Å². The van der Waals surface area contributed by atoms with Crippen molar-refractivity contribution in [3.8, 4) is 22.8 Å². The summed E-state index contributed by atoms with van der Waals surface area (Å²) in [6.45, 7) is 0.540. The van der Waals surface area contributed by atoms with Gasteiger partial charge >= 0.3 is 0 Å². The number of hydrogen-bond donors (Lipinski definition) is 1. The lowest BCUT2D eigenvalue weighted by Gasteiger charge is -2.11. The average Bonchev–Trinajstić information content (AvgIpc) is 3.11. The second-order valence-corrected chi connectivity index (χ2v) is 7.52. The highest BCUT2D eigenvalue weighted by atomic mass is 32.1. The third-order valence-electron chi connectivity index (χ3n) is 4.86. The van der Waals surface area contributed by atoms with Crippen LogP contribution in [0.4, 0.5) is 0 Å². The molecule has 1 aliphatic rings. The Kier molecular flexibility index (Phi) is 4.61. The van der Waals surface area contributed by atoms with Gasteiger partial charge in [0.05, 0.1) is 31.9 Å². The van der Waals surface area contributed by atoms with Crippen LogP contribution in [-0.2, 0) is 16.8 Å². The molecule has 0 radical (unpaired) electrons. The van der Waals surface area contributed by atoms with Gasteiger partial charge in [0.2, 0.25) is 5.91 Å². The van der Waals surface area contributed by atoms with Gasteiger partial charge in [0.15, 0.2) is 17.3 Å². The number of amides is 1. The molecule has 3 aromatic rings. The fraction of sp³-hybridized carbons (Fsp3) is 0.300. The second kappa shape index (κ2) is 7.08. The molecule has 0 bridgehead atoms. The number of ether oxygens (including phenoxy) is 2. The number of rotatable bonds is 7. The van der Waals surface area contributed by atoms with Gasteiger partial charge < -0.3 is 19.3 Å². The topological polar surface area (TPSA) is 73.6 Å². The molecule has 0 unspecified atom stereocenters. The summed E-state index contributed by atoms with van der Waals surface area (Å²) in [5.74, 6) is 1.86. The Balaban J connectivity index is 1.52. The summed E-state index contributed by atoms with van der Waals surface area (Å²) in [6, 6.07) is 11.4. The van der Waals surface area contributed by atoms with E-state index in [1.54, 1.807) is 25.6 Å². The molecule has 1 aliphatic carbocycles. The van der Waals surface area contributed by atoms with Gasteiger partial charge in [0.1, 0.15) is 0 Å². The molecule has 1 N–H and O–H groups in total. The first-order valence-electron chi connectivity index (χ1n) is 8.66. The minimum absolute atomic E-state index is 0.00283. The van der Waals surface area contributed by atoms with Gasteiger partial charge in [-0.05, 0) is 42.5 Å². The molecule has 0 aliphatic heterocycles. The highest BCUT2D eigenvalue weighted by Gasteiger charge is 2.53. The van der Waals surface area contributed by atoms with Crippen LogP contribution in [0.5, 0.6) is 11.5 Å². The maximum Gasteiger partial charge on any atom is 0.232 e. The molecule has 4 rings (SSSR count). The Labute approximate surface area is 161 Å². The molecule has 1 fully saturated rings. The van der Waals surface area contributed by atoms with Gasteiger partial charge in [0.25, 0.3) is 0 Å². The van der Waals surface area contributed by atoms with Crippen LogP contribution in [0, 0.1) is 0 Å². The molecule has 27 heavy (non-hydrogen) atoms. The summed E-state index contributed by atoms with van der Waals surface area (Å²) in [6.07, 6.45) is 1.56. The summed E-state index contributed by atoms with van der Waals surface area (Å²) in [5.41, 5.74) is 0.924. The molecule has 6 nitrogen and oxygen atoms in total. The number of hydrogen-bond acceptors (Lipinski definition) is 6. The van der Waals surface area contributed by atoms with E-state index in [1.165, 1.54) is 0 Å². The largest absolute Gasteiger partial charge is 0.493 e. The van der Waals surface area contributed by atoms with Gasteiger partial charge in [-0.25, -0.2) is 0 Å². The van der Waals surface area contributed by atoms with Crippen LogP contribution in [0.25, 0.3) is 11.3 Å². The van der Waals surface area contributed by atoms with Crippen molar-refractivity contribution in [3.63, 3.8) is 0 Å². The predicted molar refractivity (Wildman–Crippen MR) is 102 cm³/mol. The van der Waals surface area contributed by atoms with Gasteiger partial charge in [-0.3, -0.25) is 4.79 Å². The van der Waals surface area contributed by atoms with Crippen LogP contribution in [0.1, 0.15) is 23.4 Å². The Morgan fingerprint density at radius 3 is 2.70 bits per heavy atom. The van der Waals surface area contributed by atoms with Gasteiger partial charge in [-0.15, -0.1) is 11.3 Å². The quantitative estimate of drug-likeness (QED) is 0.671. The first-order chi connectivity index (χ1) is 13.2. The number of carbonyl (C=O) groups is 1. The third kappa shape index (κ3) is 3.30. The van der Waals surface area contributed by atoms with E-state index in [2.05, 4.69) is 10.5 Å². The monoisotopic (exact) mass is 384 g/mol. The van der Waals surface area contributed by atoms with Crippen molar-refractivity contribution in [2.45, 2.75) is 24.8 Å². The molecule has 2 aromatic heterocycles. The smallest absolute Gasteiger partial charge is 0.232 e. The predicted octanol–water partition coefficient (Wildman–Crippen LogP) is 3.77. The molecule has 1 aromatic carbocycles. The zero-order chi connectivity index (χ0) is 18.9. The highest BCUT2D eigenvalue weighted by molar-refractivity contribution is 7.09. The van der Waals surface area contributed by atoms with E-state index in [4.69, 9.17) is 14.0 Å². The molecule has 1 saturated carbocycles. The van der Waals surface area contributed by atoms with E-state index in [0.29, 0.717) is 29.5 Å². The Morgan fingerprint density at radius 2 is 2.04 bits per heavy atom. The minimum atomic E-state index is -0.574. The van der Waals surface area contributed by atoms with Gasteiger partial charge in [-0.2, -0.15) is 0 Å². The van der Waals surface area contributed by atoms with Crippen LogP contribution >= 0.6 is 11.3 Å². The van der Waals surface area contributed by atoms with Gasteiger partial charge in [-0.1, -0.05) is 11.2 Å². The maximum absolute atomic E-state index is 12.7. The van der Waals surface area contributed by atoms with Crippen molar-refractivity contribution in [1.29, 1.82) is 0 Å². The zero-order valence-electron chi connectivity index (χ0n) is 15.2. The SMILES string of the molecule is COc1ccc(-c2cc(C3(C(=O)NCc4cccs4)CC3)no2)cc1OC. The summed E-state index contributed by atoms with van der Waals surface area (Å²) in [7, 11) is 3.18. The molecule has 2 heterocycles. The van der Waals surface area contributed by atoms with E-state index in [1.807, 2.05) is 41.8 Å². The van der Waals surface area contributed by atoms with E-state index in [9.17, 15) is 4.79 Å². The second-order valence-electron chi connectivity index (χ2n) is 6.49.